The highest BCUT2D eigenvalue weighted by Gasteiger charge is 2.45. The summed E-state index contributed by atoms with van der Waals surface area (Å²) in [5.41, 5.74) is 1.89. The van der Waals surface area contributed by atoms with Crippen LogP contribution in [0, 0.1) is 5.41 Å². The third-order valence-electron chi connectivity index (χ3n) is 7.89. The van der Waals surface area contributed by atoms with E-state index in [1.165, 1.54) is 0 Å². The van der Waals surface area contributed by atoms with Crippen LogP contribution in [0.1, 0.15) is 69.1 Å². The highest BCUT2D eigenvalue weighted by atomic mass is 16.6. The smallest absolute Gasteiger partial charge is 0.408 e. The zero-order valence-corrected chi connectivity index (χ0v) is 24.5. The monoisotopic (exact) mass is 560 g/mol. The molecule has 1 saturated heterocycles. The molecule has 0 radical (unpaired) electrons. The first-order chi connectivity index (χ1) is 19.5. The third kappa shape index (κ3) is 6.78. The van der Waals surface area contributed by atoms with Crippen molar-refractivity contribution in [1.29, 1.82) is 0 Å². The number of nitrogens with zero attached hydrogens (tertiary/aromatic N) is 2. The third-order valence-corrected chi connectivity index (χ3v) is 7.89. The Hall–Kier alpha value is -4.14. The zero-order valence-electron chi connectivity index (χ0n) is 24.5. The molecule has 218 valence electrons. The number of carbonyl (C=O) groups is 4. The first-order valence-corrected chi connectivity index (χ1v) is 14.2. The van der Waals surface area contributed by atoms with Gasteiger partial charge in [-0.15, -0.1) is 0 Å². The molecule has 0 aliphatic carbocycles. The Bertz CT molecular complexity index is 1410. The van der Waals surface area contributed by atoms with Gasteiger partial charge in [-0.2, -0.15) is 0 Å². The highest BCUT2D eigenvalue weighted by Crippen LogP contribution is 2.33. The van der Waals surface area contributed by atoms with Gasteiger partial charge in [-0.1, -0.05) is 82.1 Å². The van der Waals surface area contributed by atoms with Crippen LogP contribution in [0.3, 0.4) is 0 Å². The van der Waals surface area contributed by atoms with Gasteiger partial charge in [0.05, 0.1) is 12.6 Å². The number of rotatable bonds is 10. The van der Waals surface area contributed by atoms with E-state index in [1.54, 1.807) is 11.8 Å². The van der Waals surface area contributed by atoms with Crippen molar-refractivity contribution in [3.05, 3.63) is 71.9 Å². The van der Waals surface area contributed by atoms with Crippen molar-refractivity contribution in [3.63, 3.8) is 0 Å². The molecule has 0 unspecified atom stereocenters. The predicted molar refractivity (Wildman–Crippen MR) is 157 cm³/mol. The number of hydrogen-bond acceptors (Lipinski definition) is 5. The fraction of sp³-hybridized carbons (Fsp3) is 0.438. The molecule has 9 nitrogen and oxygen atoms in total. The first-order valence-electron chi connectivity index (χ1n) is 14.2. The minimum atomic E-state index is -1.01. The molecule has 0 spiro atoms. The van der Waals surface area contributed by atoms with Crippen molar-refractivity contribution >= 4 is 34.6 Å². The van der Waals surface area contributed by atoms with Gasteiger partial charge >= 0.3 is 6.09 Å². The van der Waals surface area contributed by atoms with Crippen LogP contribution < -0.4 is 10.6 Å². The van der Waals surface area contributed by atoms with E-state index in [4.69, 9.17) is 4.74 Å². The lowest BCUT2D eigenvalue weighted by atomic mass is 9.90. The van der Waals surface area contributed by atoms with Crippen molar-refractivity contribution in [3.8, 4) is 0 Å². The second-order valence-electron chi connectivity index (χ2n) is 11.5. The van der Waals surface area contributed by atoms with E-state index < -0.39 is 35.3 Å². The molecule has 2 N–H and O–H groups in total. The topological polar surface area (TPSA) is 110 Å². The van der Waals surface area contributed by atoms with E-state index in [-0.39, 0.29) is 18.5 Å². The van der Waals surface area contributed by atoms with E-state index >= 15 is 0 Å². The largest absolute Gasteiger partial charge is 0.444 e. The van der Waals surface area contributed by atoms with Gasteiger partial charge in [0.2, 0.25) is 5.78 Å². The molecule has 1 fully saturated rings. The van der Waals surface area contributed by atoms with Gasteiger partial charge in [-0.05, 0) is 31.0 Å². The highest BCUT2D eigenvalue weighted by molar-refractivity contribution is 6.38. The zero-order chi connectivity index (χ0) is 29.7. The number of ketones is 1. The Morgan fingerprint density at radius 2 is 1.71 bits per heavy atom. The molecule has 2 heterocycles. The first kappa shape index (κ1) is 29.8. The molecule has 2 aromatic carbocycles. The summed E-state index contributed by atoms with van der Waals surface area (Å²) < 4.78 is 7.66. The van der Waals surface area contributed by atoms with Crippen LogP contribution in [0.15, 0.2) is 60.7 Å². The van der Waals surface area contributed by atoms with Gasteiger partial charge in [0.1, 0.15) is 17.8 Å². The number of Topliss-reactive ketones (excluding diaryl/α,β-unsaturated/α-hetero) is 1. The van der Waals surface area contributed by atoms with Gasteiger partial charge in [0, 0.05) is 29.9 Å². The average molecular weight is 561 g/mol. The number of amides is 3. The Morgan fingerprint density at radius 1 is 1.02 bits per heavy atom. The van der Waals surface area contributed by atoms with Crippen LogP contribution in [0.2, 0.25) is 0 Å². The van der Waals surface area contributed by atoms with E-state index in [1.807, 2.05) is 93.0 Å². The van der Waals surface area contributed by atoms with Crippen molar-refractivity contribution in [2.24, 2.45) is 12.5 Å². The van der Waals surface area contributed by atoms with E-state index in [0.29, 0.717) is 25.1 Å². The molecular formula is C32H40N4O5. The Labute approximate surface area is 241 Å². The van der Waals surface area contributed by atoms with Crippen molar-refractivity contribution in [2.75, 3.05) is 13.1 Å². The molecule has 3 atom stereocenters. The van der Waals surface area contributed by atoms with Crippen molar-refractivity contribution < 1.29 is 23.9 Å². The van der Waals surface area contributed by atoms with Crippen molar-refractivity contribution in [2.45, 2.75) is 65.1 Å². The fourth-order valence-corrected chi connectivity index (χ4v) is 5.35. The molecule has 9 heteroatoms. The number of carbonyl (C=O) groups excluding carboxylic acids is 4. The van der Waals surface area contributed by atoms with Gasteiger partial charge in [0.25, 0.3) is 11.8 Å². The van der Waals surface area contributed by atoms with E-state index in [9.17, 15) is 19.2 Å². The van der Waals surface area contributed by atoms with Crippen LogP contribution >= 0.6 is 0 Å². The van der Waals surface area contributed by atoms with Crippen LogP contribution in [-0.2, 0) is 21.4 Å². The van der Waals surface area contributed by atoms with E-state index in [0.717, 1.165) is 22.9 Å². The molecule has 4 rings (SSSR count). The Balaban J connectivity index is 1.40. The van der Waals surface area contributed by atoms with Crippen molar-refractivity contribution in [1.82, 2.24) is 20.1 Å². The summed E-state index contributed by atoms with van der Waals surface area (Å²) in [5.74, 6) is -1.60. The molecule has 0 bridgehead atoms. The maximum Gasteiger partial charge on any atom is 0.408 e. The summed E-state index contributed by atoms with van der Waals surface area (Å²) in [6.07, 6.45) is 0.400. The summed E-state index contributed by atoms with van der Waals surface area (Å²) in [7, 11) is 1.86. The molecule has 3 aromatic rings. The summed E-state index contributed by atoms with van der Waals surface area (Å²) in [6.45, 7) is 8.29. The van der Waals surface area contributed by atoms with Crippen LogP contribution in [0.4, 0.5) is 4.79 Å². The molecule has 3 amide bonds. The molecule has 41 heavy (non-hydrogen) atoms. The van der Waals surface area contributed by atoms with Gasteiger partial charge in [0.15, 0.2) is 0 Å². The standard InChI is InChI=1S/C32H40N4O5/c1-6-7-16-24(28(37)29(38)33-21(2)22-13-9-8-10-14-22)34-31(40)41-27-19-36(20-32(27,3)4)30(39)26-18-23-15-11-12-17-25(23)35(26)5/h8-15,17-18,21,24,27H,6-7,16,19-20H2,1-5H3,(H,33,38)(H,34,40)/t21-,24+,27-/m1/s1. The lowest BCUT2D eigenvalue weighted by Crippen LogP contribution is -2.49. The lowest BCUT2D eigenvalue weighted by molar-refractivity contribution is -0.139. The quantitative estimate of drug-likeness (QED) is 0.348. The molecule has 0 saturated carbocycles. The number of benzene rings is 2. The minimum Gasteiger partial charge on any atom is -0.444 e. The van der Waals surface area contributed by atoms with Crippen LogP contribution in [0.5, 0.6) is 0 Å². The SMILES string of the molecule is CCCC[C@H](NC(=O)O[C@@H]1CN(C(=O)c2cc3ccccc3n2C)CC1(C)C)C(=O)C(=O)N[C@H](C)c1ccccc1. The molecular weight excluding hydrogens is 520 g/mol. The number of aryl methyl sites for hydroxylation is 1. The second kappa shape index (κ2) is 12.6. The summed E-state index contributed by atoms with van der Waals surface area (Å²) >= 11 is 0. The second-order valence-corrected chi connectivity index (χ2v) is 11.5. The Morgan fingerprint density at radius 3 is 2.39 bits per heavy atom. The average Bonchev–Trinajstić information content (AvgIpc) is 3.45. The van der Waals surface area contributed by atoms with Gasteiger partial charge in [-0.3, -0.25) is 14.4 Å². The van der Waals surface area contributed by atoms with Gasteiger partial charge in [-0.25, -0.2) is 4.79 Å². The number of hydrogen-bond donors (Lipinski definition) is 2. The summed E-state index contributed by atoms with van der Waals surface area (Å²) in [4.78, 5) is 54.1. The van der Waals surface area contributed by atoms with Crippen LogP contribution in [-0.4, -0.2) is 58.4 Å². The Kier molecular flexibility index (Phi) is 9.15. The number of unbranched alkanes of at least 4 members (excludes halogenated alkanes) is 1. The maximum atomic E-state index is 13.5. The maximum absolute atomic E-state index is 13.5. The fourth-order valence-electron chi connectivity index (χ4n) is 5.35. The number of para-hydroxylation sites is 1. The van der Waals surface area contributed by atoms with E-state index in [2.05, 4.69) is 10.6 Å². The summed E-state index contributed by atoms with van der Waals surface area (Å²) in [6, 6.07) is 17.7. The molecule has 1 aliphatic rings. The number of likely N-dealkylation sites (tertiary alicyclic amines) is 1. The number of ether oxygens (including phenoxy) is 1. The molecule has 1 aromatic heterocycles. The molecule has 1 aliphatic heterocycles. The number of nitrogens with one attached hydrogen (secondary N) is 2. The van der Waals surface area contributed by atoms with Crippen LogP contribution in [0.25, 0.3) is 10.9 Å². The lowest BCUT2D eigenvalue weighted by Gasteiger charge is -2.26. The minimum absolute atomic E-state index is 0.136. The summed E-state index contributed by atoms with van der Waals surface area (Å²) in [5, 5.41) is 6.35. The number of aromatic nitrogens is 1. The predicted octanol–water partition coefficient (Wildman–Crippen LogP) is 4.76. The number of fused-ring (bicyclic) bond motifs is 1. The number of alkyl carbamates (subject to hydrolysis) is 1. The van der Waals surface area contributed by atoms with Gasteiger partial charge < -0.3 is 24.8 Å². The normalized spacial score (nSPS) is 17.6.